The number of benzene rings is 1. The van der Waals surface area contributed by atoms with Crippen LogP contribution in [0.4, 0.5) is 5.82 Å². The zero-order chi connectivity index (χ0) is 17.3. The third kappa shape index (κ3) is 2.99. The number of hydrogen-bond donors (Lipinski definition) is 2. The number of nitrogens with zero attached hydrogens (tertiary/aromatic N) is 1. The van der Waals surface area contributed by atoms with Crippen LogP contribution in [0.5, 0.6) is 0 Å². The van der Waals surface area contributed by atoms with Crippen LogP contribution >= 0.6 is 0 Å². The molecule has 2 N–H and O–H groups in total. The monoisotopic (exact) mass is 349 g/mol. The number of rotatable bonds is 4. The van der Waals surface area contributed by atoms with E-state index in [0.29, 0.717) is 5.52 Å². The van der Waals surface area contributed by atoms with Crippen LogP contribution in [0.1, 0.15) is 10.4 Å². The molecule has 0 amide bonds. The average Bonchev–Trinajstić information content (AvgIpc) is 2.93. The molecule has 3 rings (SSSR count). The number of oxazole rings is 1. The zero-order valence-electron chi connectivity index (χ0n) is 12.3. The summed E-state index contributed by atoms with van der Waals surface area (Å²) in [5.74, 6) is -1.23. The SMILES string of the molecule is COC(=O)c1ccc(NS(=O)(=O)c2ccc3[nH]c(=O)oc3c2)nc1. The van der Waals surface area contributed by atoms with Gasteiger partial charge in [0.15, 0.2) is 5.58 Å². The van der Waals surface area contributed by atoms with Crippen molar-refractivity contribution in [2.45, 2.75) is 4.90 Å². The van der Waals surface area contributed by atoms with Gasteiger partial charge in [0.05, 0.1) is 23.1 Å². The summed E-state index contributed by atoms with van der Waals surface area (Å²) in [6.45, 7) is 0. The minimum absolute atomic E-state index is 0.0262. The van der Waals surface area contributed by atoms with Crippen molar-refractivity contribution in [3.63, 3.8) is 0 Å². The van der Waals surface area contributed by atoms with Gasteiger partial charge in [-0.2, -0.15) is 0 Å². The van der Waals surface area contributed by atoms with Gasteiger partial charge in [-0.1, -0.05) is 0 Å². The van der Waals surface area contributed by atoms with Crippen molar-refractivity contribution in [3.05, 3.63) is 52.6 Å². The number of aromatic nitrogens is 2. The highest BCUT2D eigenvalue weighted by molar-refractivity contribution is 7.92. The number of pyridine rings is 1. The molecule has 0 aliphatic carbocycles. The molecule has 0 saturated heterocycles. The lowest BCUT2D eigenvalue weighted by atomic mass is 10.3. The van der Waals surface area contributed by atoms with Crippen molar-refractivity contribution in [2.75, 3.05) is 11.8 Å². The average molecular weight is 349 g/mol. The van der Waals surface area contributed by atoms with Gasteiger partial charge in [0, 0.05) is 12.3 Å². The van der Waals surface area contributed by atoms with Crippen molar-refractivity contribution in [3.8, 4) is 0 Å². The molecule has 9 nitrogen and oxygen atoms in total. The summed E-state index contributed by atoms with van der Waals surface area (Å²) >= 11 is 0. The van der Waals surface area contributed by atoms with E-state index in [1.54, 1.807) is 0 Å². The lowest BCUT2D eigenvalue weighted by Gasteiger charge is -2.07. The number of carbonyl (C=O) groups excluding carboxylic acids is 1. The summed E-state index contributed by atoms with van der Waals surface area (Å²) < 4.78 is 36.3. The maximum Gasteiger partial charge on any atom is 0.417 e. The summed E-state index contributed by atoms with van der Waals surface area (Å²) in [6.07, 6.45) is 1.19. The zero-order valence-corrected chi connectivity index (χ0v) is 13.1. The third-order valence-electron chi connectivity index (χ3n) is 3.13. The van der Waals surface area contributed by atoms with Gasteiger partial charge < -0.3 is 9.15 Å². The van der Waals surface area contributed by atoms with Crippen LogP contribution in [0.2, 0.25) is 0 Å². The first-order valence-electron chi connectivity index (χ1n) is 6.59. The lowest BCUT2D eigenvalue weighted by Crippen LogP contribution is -2.14. The van der Waals surface area contributed by atoms with Gasteiger partial charge in [0.2, 0.25) is 0 Å². The lowest BCUT2D eigenvalue weighted by molar-refractivity contribution is 0.0600. The number of fused-ring (bicyclic) bond motifs is 1. The first-order chi connectivity index (χ1) is 11.4. The van der Waals surface area contributed by atoms with Crippen LogP contribution < -0.4 is 10.5 Å². The van der Waals surface area contributed by atoms with Gasteiger partial charge in [0.1, 0.15) is 5.82 Å². The number of sulfonamides is 1. The fourth-order valence-electron chi connectivity index (χ4n) is 1.98. The normalized spacial score (nSPS) is 11.4. The highest BCUT2D eigenvalue weighted by atomic mass is 32.2. The summed E-state index contributed by atoms with van der Waals surface area (Å²) in [5, 5.41) is 0. The van der Waals surface area contributed by atoms with Crippen molar-refractivity contribution >= 4 is 32.9 Å². The highest BCUT2D eigenvalue weighted by Crippen LogP contribution is 2.19. The molecular weight excluding hydrogens is 338 g/mol. The van der Waals surface area contributed by atoms with E-state index in [0.717, 1.165) is 0 Å². The Kier molecular flexibility index (Phi) is 3.81. The Hall–Kier alpha value is -3.14. The Bertz CT molecular complexity index is 1070. The number of carbonyl (C=O) groups is 1. The molecule has 0 spiro atoms. The number of ether oxygens (including phenoxy) is 1. The molecule has 10 heteroatoms. The van der Waals surface area contributed by atoms with E-state index in [-0.39, 0.29) is 21.9 Å². The van der Waals surface area contributed by atoms with E-state index >= 15 is 0 Å². The number of esters is 1. The molecule has 0 bridgehead atoms. The summed E-state index contributed by atoms with van der Waals surface area (Å²) in [4.78, 5) is 28.6. The largest absolute Gasteiger partial charge is 0.465 e. The number of anilines is 1. The Morgan fingerprint density at radius 1 is 1.29 bits per heavy atom. The molecule has 0 aliphatic rings. The second-order valence-electron chi connectivity index (χ2n) is 4.70. The summed E-state index contributed by atoms with van der Waals surface area (Å²) in [6, 6.07) is 6.67. The van der Waals surface area contributed by atoms with Crippen LogP contribution in [0.25, 0.3) is 11.1 Å². The predicted molar refractivity (Wildman–Crippen MR) is 83.2 cm³/mol. The molecule has 124 valence electrons. The molecule has 3 aromatic rings. The molecule has 0 saturated carbocycles. The summed E-state index contributed by atoms with van der Waals surface area (Å²) in [7, 11) is -2.71. The summed E-state index contributed by atoms with van der Waals surface area (Å²) in [5.41, 5.74) is 0.701. The second kappa shape index (κ2) is 5.81. The number of H-pyrrole nitrogens is 1. The first kappa shape index (κ1) is 15.7. The van der Waals surface area contributed by atoms with Crippen LogP contribution in [-0.4, -0.2) is 31.5 Å². The molecule has 1 aromatic carbocycles. The third-order valence-corrected chi connectivity index (χ3v) is 4.48. The first-order valence-corrected chi connectivity index (χ1v) is 8.07. The van der Waals surface area contributed by atoms with Crippen molar-refractivity contribution < 1.29 is 22.4 Å². The van der Waals surface area contributed by atoms with Gasteiger partial charge in [0.25, 0.3) is 10.0 Å². The molecule has 0 atom stereocenters. The van der Waals surface area contributed by atoms with Gasteiger partial charge >= 0.3 is 11.7 Å². The molecular formula is C14H11N3O6S. The van der Waals surface area contributed by atoms with E-state index < -0.39 is 21.7 Å². The number of aromatic amines is 1. The van der Waals surface area contributed by atoms with Crippen LogP contribution in [-0.2, 0) is 14.8 Å². The van der Waals surface area contributed by atoms with Crippen LogP contribution in [0.15, 0.2) is 50.6 Å². The van der Waals surface area contributed by atoms with Gasteiger partial charge in [-0.25, -0.2) is 23.0 Å². The van der Waals surface area contributed by atoms with Crippen LogP contribution in [0.3, 0.4) is 0 Å². The molecule has 0 radical (unpaired) electrons. The molecule has 24 heavy (non-hydrogen) atoms. The maximum absolute atomic E-state index is 12.4. The van der Waals surface area contributed by atoms with E-state index in [1.807, 2.05) is 0 Å². The van der Waals surface area contributed by atoms with Crippen molar-refractivity contribution in [1.29, 1.82) is 0 Å². The Morgan fingerprint density at radius 2 is 2.08 bits per heavy atom. The molecule has 0 fully saturated rings. The van der Waals surface area contributed by atoms with Gasteiger partial charge in [-0.15, -0.1) is 0 Å². The second-order valence-corrected chi connectivity index (χ2v) is 6.38. The number of nitrogens with one attached hydrogen (secondary N) is 2. The minimum Gasteiger partial charge on any atom is -0.465 e. The van der Waals surface area contributed by atoms with Crippen molar-refractivity contribution in [2.24, 2.45) is 0 Å². The van der Waals surface area contributed by atoms with Gasteiger partial charge in [-0.3, -0.25) is 9.71 Å². The topological polar surface area (TPSA) is 131 Å². The molecule has 2 aromatic heterocycles. The maximum atomic E-state index is 12.4. The molecule has 2 heterocycles. The van der Waals surface area contributed by atoms with E-state index in [2.05, 4.69) is 19.4 Å². The molecule has 0 aliphatic heterocycles. The number of methoxy groups -OCH3 is 1. The fourth-order valence-corrected chi connectivity index (χ4v) is 3.01. The van der Waals surface area contributed by atoms with E-state index in [4.69, 9.17) is 4.42 Å². The standard InChI is InChI=1S/C14H11N3O6S/c1-22-13(18)8-2-5-12(15-7-8)17-24(20,21)9-3-4-10-11(6-9)23-14(19)16-10/h2-7H,1H3,(H,15,17)(H,16,19). The smallest absolute Gasteiger partial charge is 0.417 e. The minimum atomic E-state index is -3.94. The van der Waals surface area contributed by atoms with Gasteiger partial charge in [-0.05, 0) is 24.3 Å². The highest BCUT2D eigenvalue weighted by Gasteiger charge is 2.17. The Morgan fingerprint density at radius 3 is 2.75 bits per heavy atom. The molecule has 0 unspecified atom stereocenters. The Labute approximate surface area is 135 Å². The van der Waals surface area contributed by atoms with Crippen LogP contribution in [0, 0.1) is 0 Å². The predicted octanol–water partition coefficient (Wildman–Crippen LogP) is 1.10. The van der Waals surface area contributed by atoms with Crippen molar-refractivity contribution in [1.82, 2.24) is 9.97 Å². The quantitative estimate of drug-likeness (QED) is 0.674. The fraction of sp³-hybridized carbons (Fsp3) is 0.0714. The Balaban J connectivity index is 1.89. The van der Waals surface area contributed by atoms with E-state index in [1.165, 1.54) is 43.6 Å². The number of hydrogen-bond acceptors (Lipinski definition) is 7. The van der Waals surface area contributed by atoms with E-state index in [9.17, 15) is 18.0 Å².